The lowest BCUT2D eigenvalue weighted by Gasteiger charge is -2.37. The maximum absolute atomic E-state index is 11.9. The van der Waals surface area contributed by atoms with Crippen LogP contribution in [0.5, 0.6) is 0 Å². The van der Waals surface area contributed by atoms with E-state index in [4.69, 9.17) is 4.74 Å². The lowest BCUT2D eigenvalue weighted by atomic mass is 9.82. The predicted molar refractivity (Wildman–Crippen MR) is 60.0 cm³/mol. The summed E-state index contributed by atoms with van der Waals surface area (Å²) in [7, 11) is 0. The molecule has 0 radical (unpaired) electrons. The summed E-state index contributed by atoms with van der Waals surface area (Å²) in [5.41, 5.74) is -0.374. The van der Waals surface area contributed by atoms with E-state index in [1.165, 1.54) is 6.42 Å². The Morgan fingerprint density at radius 1 is 1.31 bits per heavy atom. The van der Waals surface area contributed by atoms with Crippen LogP contribution in [0.1, 0.15) is 44.9 Å². The Hall–Kier alpha value is -0.610. The number of nitrogens with one attached hydrogen (secondary N) is 1. The molecule has 0 aromatic heterocycles. The summed E-state index contributed by atoms with van der Waals surface area (Å²) in [4.78, 5) is 11.9. The number of carbonyl (C=O) groups is 1. The molecule has 2 rings (SSSR count). The molecule has 2 N–H and O–H groups in total. The Balaban J connectivity index is 1.91. The van der Waals surface area contributed by atoms with Gasteiger partial charge in [0, 0.05) is 6.61 Å². The Labute approximate surface area is 96.4 Å². The van der Waals surface area contributed by atoms with E-state index in [0.717, 1.165) is 38.5 Å². The molecule has 1 atom stereocenters. The van der Waals surface area contributed by atoms with Gasteiger partial charge in [-0.25, -0.2) is 0 Å². The number of hydrogen-bond acceptors (Lipinski definition) is 3. The van der Waals surface area contributed by atoms with E-state index in [1.807, 2.05) is 0 Å². The normalized spacial score (nSPS) is 28.9. The molecule has 1 saturated heterocycles. The first-order chi connectivity index (χ1) is 7.76. The Kier molecular flexibility index (Phi) is 3.82. The molecule has 1 aliphatic heterocycles. The van der Waals surface area contributed by atoms with Crippen LogP contribution in [-0.4, -0.2) is 35.9 Å². The molecule has 0 spiro atoms. The van der Waals surface area contributed by atoms with E-state index >= 15 is 0 Å². The number of ether oxygens (including phenoxy) is 1. The highest BCUT2D eigenvalue weighted by atomic mass is 16.5. The number of amides is 1. The lowest BCUT2D eigenvalue weighted by Crippen LogP contribution is -2.55. The molecular weight excluding hydrogens is 206 g/mol. The van der Waals surface area contributed by atoms with Gasteiger partial charge in [0.15, 0.2) is 0 Å². The smallest absolute Gasteiger partial charge is 0.249 e. The number of hydrogen-bond donors (Lipinski definition) is 2. The van der Waals surface area contributed by atoms with Gasteiger partial charge in [-0.15, -0.1) is 0 Å². The first-order valence-electron chi connectivity index (χ1n) is 6.30. The standard InChI is InChI=1S/C12H21NO3/c14-9-12(6-2-1-3-7-12)13-11(15)10-5-4-8-16-10/h10,14H,1-9H2,(H,13,15). The van der Waals surface area contributed by atoms with Crippen molar-refractivity contribution in [3.8, 4) is 0 Å². The van der Waals surface area contributed by atoms with Crippen LogP contribution in [-0.2, 0) is 9.53 Å². The fourth-order valence-electron chi connectivity index (χ4n) is 2.68. The molecular formula is C12H21NO3. The van der Waals surface area contributed by atoms with Crippen LogP contribution in [0, 0.1) is 0 Å². The molecule has 0 aromatic carbocycles. The van der Waals surface area contributed by atoms with E-state index in [0.29, 0.717) is 6.61 Å². The van der Waals surface area contributed by atoms with Gasteiger partial charge in [0.05, 0.1) is 12.1 Å². The minimum absolute atomic E-state index is 0.0338. The molecule has 16 heavy (non-hydrogen) atoms. The molecule has 1 heterocycles. The minimum atomic E-state index is -0.374. The van der Waals surface area contributed by atoms with Crippen LogP contribution < -0.4 is 5.32 Å². The number of aliphatic hydroxyl groups is 1. The second-order valence-corrected chi connectivity index (χ2v) is 4.99. The first kappa shape index (κ1) is 11.9. The van der Waals surface area contributed by atoms with Crippen molar-refractivity contribution >= 4 is 5.91 Å². The summed E-state index contributed by atoms with van der Waals surface area (Å²) in [6.07, 6.45) is 6.66. The van der Waals surface area contributed by atoms with Gasteiger partial charge in [0.1, 0.15) is 6.10 Å². The summed E-state index contributed by atoms with van der Waals surface area (Å²) in [5, 5.41) is 12.5. The third kappa shape index (κ3) is 2.55. The van der Waals surface area contributed by atoms with Crippen molar-refractivity contribution in [1.29, 1.82) is 0 Å². The molecule has 2 aliphatic rings. The maximum Gasteiger partial charge on any atom is 0.249 e. The lowest BCUT2D eigenvalue weighted by molar-refractivity contribution is -0.133. The summed E-state index contributed by atoms with van der Waals surface area (Å²) in [6, 6.07) is 0. The third-order valence-electron chi connectivity index (χ3n) is 3.72. The van der Waals surface area contributed by atoms with E-state index in [1.54, 1.807) is 0 Å². The largest absolute Gasteiger partial charge is 0.394 e. The number of carbonyl (C=O) groups excluding carboxylic acids is 1. The second kappa shape index (κ2) is 5.15. The molecule has 1 amide bonds. The van der Waals surface area contributed by atoms with Gasteiger partial charge in [0.2, 0.25) is 5.91 Å². The monoisotopic (exact) mass is 227 g/mol. The molecule has 0 aromatic rings. The molecule has 4 nitrogen and oxygen atoms in total. The van der Waals surface area contributed by atoms with Gasteiger partial charge in [-0.3, -0.25) is 4.79 Å². The van der Waals surface area contributed by atoms with E-state index < -0.39 is 0 Å². The molecule has 1 aliphatic carbocycles. The third-order valence-corrected chi connectivity index (χ3v) is 3.72. The zero-order chi connectivity index (χ0) is 11.4. The van der Waals surface area contributed by atoms with E-state index in [-0.39, 0.29) is 24.2 Å². The SMILES string of the molecule is O=C(NC1(CO)CCCCC1)C1CCCO1. The van der Waals surface area contributed by atoms with Crippen molar-refractivity contribution in [2.45, 2.75) is 56.6 Å². The fraction of sp³-hybridized carbons (Fsp3) is 0.917. The summed E-state index contributed by atoms with van der Waals surface area (Å²) in [5.74, 6) is -0.0338. The summed E-state index contributed by atoms with van der Waals surface area (Å²) < 4.78 is 5.35. The zero-order valence-electron chi connectivity index (χ0n) is 9.71. The van der Waals surface area contributed by atoms with Crippen molar-refractivity contribution in [3.05, 3.63) is 0 Å². The van der Waals surface area contributed by atoms with Crippen molar-refractivity contribution in [1.82, 2.24) is 5.32 Å². The van der Waals surface area contributed by atoms with Crippen molar-refractivity contribution < 1.29 is 14.6 Å². The van der Waals surface area contributed by atoms with Gasteiger partial charge in [-0.2, -0.15) is 0 Å². The molecule has 92 valence electrons. The Bertz CT molecular complexity index is 243. The zero-order valence-corrected chi connectivity index (χ0v) is 9.71. The van der Waals surface area contributed by atoms with Gasteiger partial charge in [-0.1, -0.05) is 19.3 Å². The molecule has 0 bridgehead atoms. The Morgan fingerprint density at radius 3 is 2.62 bits per heavy atom. The van der Waals surface area contributed by atoms with Gasteiger partial charge in [0.25, 0.3) is 0 Å². The fourth-order valence-corrected chi connectivity index (χ4v) is 2.68. The van der Waals surface area contributed by atoms with E-state index in [2.05, 4.69) is 5.32 Å². The van der Waals surface area contributed by atoms with Gasteiger partial charge < -0.3 is 15.2 Å². The second-order valence-electron chi connectivity index (χ2n) is 4.99. The van der Waals surface area contributed by atoms with Crippen molar-refractivity contribution in [3.63, 3.8) is 0 Å². The van der Waals surface area contributed by atoms with Crippen LogP contribution in [0.2, 0.25) is 0 Å². The van der Waals surface area contributed by atoms with Gasteiger partial charge >= 0.3 is 0 Å². The maximum atomic E-state index is 11.9. The average Bonchev–Trinajstić information content (AvgIpc) is 2.84. The molecule has 4 heteroatoms. The van der Waals surface area contributed by atoms with Gasteiger partial charge in [-0.05, 0) is 25.7 Å². The minimum Gasteiger partial charge on any atom is -0.394 e. The quantitative estimate of drug-likeness (QED) is 0.755. The molecule has 1 saturated carbocycles. The average molecular weight is 227 g/mol. The molecule has 1 unspecified atom stereocenters. The first-order valence-corrected chi connectivity index (χ1v) is 6.30. The topological polar surface area (TPSA) is 58.6 Å². The number of rotatable bonds is 3. The van der Waals surface area contributed by atoms with Crippen LogP contribution in [0.4, 0.5) is 0 Å². The highest BCUT2D eigenvalue weighted by Gasteiger charge is 2.35. The van der Waals surface area contributed by atoms with Crippen LogP contribution in [0.25, 0.3) is 0 Å². The van der Waals surface area contributed by atoms with Crippen LogP contribution in [0.15, 0.2) is 0 Å². The number of aliphatic hydroxyl groups excluding tert-OH is 1. The summed E-state index contributed by atoms with van der Waals surface area (Å²) >= 11 is 0. The molecule has 2 fully saturated rings. The highest BCUT2D eigenvalue weighted by molar-refractivity contribution is 5.81. The highest BCUT2D eigenvalue weighted by Crippen LogP contribution is 2.28. The van der Waals surface area contributed by atoms with Crippen molar-refractivity contribution in [2.24, 2.45) is 0 Å². The van der Waals surface area contributed by atoms with Crippen LogP contribution >= 0.6 is 0 Å². The van der Waals surface area contributed by atoms with Crippen molar-refractivity contribution in [2.75, 3.05) is 13.2 Å². The van der Waals surface area contributed by atoms with E-state index in [9.17, 15) is 9.90 Å². The van der Waals surface area contributed by atoms with Crippen LogP contribution in [0.3, 0.4) is 0 Å². The Morgan fingerprint density at radius 2 is 2.06 bits per heavy atom. The summed E-state index contributed by atoms with van der Waals surface area (Å²) in [6.45, 7) is 0.732. The predicted octanol–water partition coefficient (Wildman–Crippen LogP) is 0.977.